The van der Waals surface area contributed by atoms with Gasteiger partial charge in [0.1, 0.15) is 24.4 Å². The zero-order valence-electron chi connectivity index (χ0n) is 38.7. The lowest BCUT2D eigenvalue weighted by atomic mass is 9.97. The van der Waals surface area contributed by atoms with Crippen molar-refractivity contribution in [3.8, 4) is 0 Å². The number of nitrogens with one attached hydrogen (secondary N) is 1. The van der Waals surface area contributed by atoms with E-state index in [-0.39, 0.29) is 39.3 Å². The van der Waals surface area contributed by atoms with Crippen LogP contribution in [0, 0.1) is 0 Å². The first-order valence-corrected chi connectivity index (χ1v) is 26.2. The molecule has 0 saturated carbocycles. The van der Waals surface area contributed by atoms with Gasteiger partial charge in [0.05, 0.1) is 33.0 Å². The van der Waals surface area contributed by atoms with Crippen LogP contribution in [0.5, 0.6) is 0 Å². The monoisotopic (exact) mass is 894 g/mol. The van der Waals surface area contributed by atoms with Gasteiger partial charge in [0, 0.05) is 19.6 Å². The fourth-order valence-electron chi connectivity index (χ4n) is 7.43. The number of ether oxygens (including phenoxy) is 3. The highest BCUT2D eigenvalue weighted by molar-refractivity contribution is 7.47. The molecule has 1 aliphatic heterocycles. The fraction of sp³-hybridized carbons (Fsp3) is 0.936. The van der Waals surface area contributed by atoms with Gasteiger partial charge in [-0.25, -0.2) is 4.57 Å². The number of aliphatic hydroxyl groups is 4. The number of phosphoric ester groups is 1. The van der Waals surface area contributed by atoms with E-state index in [0.29, 0.717) is 13.0 Å². The lowest BCUT2D eigenvalue weighted by Gasteiger charge is -2.41. The Labute approximate surface area is 371 Å². The van der Waals surface area contributed by atoms with Gasteiger partial charge in [0.25, 0.3) is 0 Å². The van der Waals surface area contributed by atoms with Gasteiger partial charge >= 0.3 is 13.8 Å². The van der Waals surface area contributed by atoms with Crippen LogP contribution in [-0.2, 0) is 32.6 Å². The van der Waals surface area contributed by atoms with Crippen molar-refractivity contribution in [2.45, 2.75) is 237 Å². The van der Waals surface area contributed by atoms with Gasteiger partial charge in [0.2, 0.25) is 5.79 Å². The minimum Gasteiger partial charge on any atom is -0.457 e. The van der Waals surface area contributed by atoms with Crippen molar-refractivity contribution in [2.75, 3.05) is 46.1 Å². The number of allylic oxidation sites excluding steroid dienone is 2. The van der Waals surface area contributed by atoms with E-state index in [0.717, 1.165) is 51.4 Å². The van der Waals surface area contributed by atoms with Crippen molar-refractivity contribution in [3.63, 3.8) is 0 Å². The summed E-state index contributed by atoms with van der Waals surface area (Å²) in [7, 11) is -4.55. The third kappa shape index (κ3) is 33.2. The van der Waals surface area contributed by atoms with Gasteiger partial charge in [-0.15, -0.1) is 0 Å². The molecular formula is C47H92NO12P. The fourth-order valence-corrected chi connectivity index (χ4v) is 8.18. The molecule has 0 aromatic heterocycles. The molecule has 13 nitrogen and oxygen atoms in total. The molecule has 362 valence electrons. The molecular weight excluding hydrogens is 801 g/mol. The first-order chi connectivity index (χ1) is 29.5. The van der Waals surface area contributed by atoms with Gasteiger partial charge in [-0.1, -0.05) is 174 Å². The Bertz CT molecular complexity index is 1090. The molecule has 1 fully saturated rings. The second-order valence-corrected chi connectivity index (χ2v) is 18.7. The predicted octanol–water partition coefficient (Wildman–Crippen LogP) is 9.74. The summed E-state index contributed by atoms with van der Waals surface area (Å²) in [6, 6.07) is 0. The number of carbonyl (C=O) groups excluding carboxylic acids is 1. The maximum atomic E-state index is 12.8. The number of rotatable bonds is 44. The highest BCUT2D eigenvalue weighted by Crippen LogP contribution is 2.43. The topological polar surface area (TPSA) is 193 Å². The van der Waals surface area contributed by atoms with Crippen LogP contribution in [0.25, 0.3) is 0 Å². The lowest BCUT2D eigenvalue weighted by molar-refractivity contribution is -0.317. The van der Waals surface area contributed by atoms with E-state index in [1.807, 2.05) is 0 Å². The molecule has 6 N–H and O–H groups in total. The minimum atomic E-state index is -4.55. The molecule has 61 heavy (non-hydrogen) atoms. The SMILES string of the molecule is CCCCCCCC/C=C\CCCCCCCC(=O)O[C@H](COCCCCCCCCCCCCCCCCCC)COP(=O)(O)OCCNC[C@@]1(O)OC[C@@H](O)[C@@H](O)[C@@H]1O. The Hall–Kier alpha value is -0.960. The third-order valence-electron chi connectivity index (χ3n) is 11.4. The van der Waals surface area contributed by atoms with Crippen LogP contribution in [0.3, 0.4) is 0 Å². The van der Waals surface area contributed by atoms with E-state index in [2.05, 4.69) is 31.3 Å². The van der Waals surface area contributed by atoms with Crippen molar-refractivity contribution < 1.29 is 57.9 Å². The summed E-state index contributed by atoms with van der Waals surface area (Å²) < 4.78 is 39.5. The number of phosphoric acid groups is 1. The first kappa shape index (κ1) is 58.1. The molecule has 0 aromatic carbocycles. The number of hydrogen-bond acceptors (Lipinski definition) is 12. The van der Waals surface area contributed by atoms with Crippen molar-refractivity contribution in [1.82, 2.24) is 5.32 Å². The second-order valence-electron chi connectivity index (χ2n) is 17.3. The van der Waals surface area contributed by atoms with E-state index >= 15 is 0 Å². The van der Waals surface area contributed by atoms with Gasteiger partial charge in [-0.2, -0.15) is 0 Å². The molecule has 1 heterocycles. The van der Waals surface area contributed by atoms with E-state index in [1.165, 1.54) is 128 Å². The molecule has 0 aromatic rings. The normalized spacial score (nSPS) is 20.9. The Kier molecular flexibility index (Phi) is 37.5. The summed E-state index contributed by atoms with van der Waals surface area (Å²) in [6.45, 7) is 3.57. The lowest BCUT2D eigenvalue weighted by Crippen LogP contribution is -2.64. The Morgan fingerprint density at radius 1 is 0.689 bits per heavy atom. The molecule has 0 bridgehead atoms. The van der Waals surface area contributed by atoms with Crippen LogP contribution in [0.2, 0.25) is 0 Å². The molecule has 1 unspecified atom stereocenters. The number of unbranched alkanes of at least 4 members (excludes halogenated alkanes) is 26. The van der Waals surface area contributed by atoms with Crippen molar-refractivity contribution in [3.05, 3.63) is 12.2 Å². The van der Waals surface area contributed by atoms with Gasteiger partial charge in [-0.05, 0) is 38.5 Å². The molecule has 0 radical (unpaired) electrons. The number of esters is 1. The highest BCUT2D eigenvalue weighted by atomic mass is 31.2. The zero-order chi connectivity index (χ0) is 44.7. The van der Waals surface area contributed by atoms with Crippen LogP contribution in [0.15, 0.2) is 12.2 Å². The van der Waals surface area contributed by atoms with Crippen LogP contribution < -0.4 is 5.32 Å². The quantitative estimate of drug-likeness (QED) is 0.0147. The zero-order valence-corrected chi connectivity index (χ0v) is 39.6. The molecule has 0 spiro atoms. The van der Waals surface area contributed by atoms with Crippen molar-refractivity contribution in [2.24, 2.45) is 0 Å². The van der Waals surface area contributed by atoms with Crippen molar-refractivity contribution in [1.29, 1.82) is 0 Å². The van der Waals surface area contributed by atoms with Crippen LogP contribution >= 0.6 is 7.82 Å². The number of aliphatic hydroxyl groups excluding tert-OH is 3. The summed E-state index contributed by atoms with van der Waals surface area (Å²) in [6.07, 6.45) is 34.9. The Morgan fingerprint density at radius 2 is 1.16 bits per heavy atom. The second kappa shape index (κ2) is 39.4. The smallest absolute Gasteiger partial charge is 0.457 e. The van der Waals surface area contributed by atoms with E-state index in [1.54, 1.807) is 0 Å². The number of carbonyl (C=O) groups is 1. The first-order valence-electron chi connectivity index (χ1n) is 24.7. The summed E-state index contributed by atoms with van der Waals surface area (Å²) in [4.78, 5) is 23.1. The van der Waals surface area contributed by atoms with Gasteiger partial charge < -0.3 is 44.8 Å². The Morgan fingerprint density at radius 3 is 1.69 bits per heavy atom. The van der Waals surface area contributed by atoms with Crippen LogP contribution in [0.4, 0.5) is 0 Å². The molecule has 1 saturated heterocycles. The van der Waals surface area contributed by atoms with Crippen molar-refractivity contribution >= 4 is 13.8 Å². The molecule has 6 atom stereocenters. The predicted molar refractivity (Wildman–Crippen MR) is 243 cm³/mol. The van der Waals surface area contributed by atoms with Gasteiger partial charge in [0.15, 0.2) is 0 Å². The standard InChI is InChI=1S/C47H92NO12P/c1-3-5-7-9-11-13-15-17-19-21-23-25-27-29-31-33-36-56-38-42(60-44(50)34-32-30-28-26-24-22-20-18-16-14-12-10-8-6-4-2)39-59-61(54,55)58-37-35-48-41-47(53)46(52)45(51)43(49)40-57-47/h18,20,42-43,45-46,48-49,51-53H,3-17,19,21-41H2,1-2H3,(H,54,55)/b20-18-/t42-,43-,45-,46+,47-/m1/s1. The van der Waals surface area contributed by atoms with Crippen LogP contribution in [0.1, 0.15) is 206 Å². The number of hydrogen-bond donors (Lipinski definition) is 6. The third-order valence-corrected chi connectivity index (χ3v) is 12.4. The molecule has 1 rings (SSSR count). The highest BCUT2D eigenvalue weighted by Gasteiger charge is 2.48. The Balaban J connectivity index is 2.34. The van der Waals surface area contributed by atoms with Gasteiger partial charge in [-0.3, -0.25) is 13.8 Å². The largest absolute Gasteiger partial charge is 0.472 e. The van der Waals surface area contributed by atoms with E-state index in [4.69, 9.17) is 23.3 Å². The summed E-state index contributed by atoms with van der Waals surface area (Å²) in [5.74, 6) is -2.57. The minimum absolute atomic E-state index is 0.0276. The average Bonchev–Trinajstić information content (AvgIpc) is 3.24. The molecule has 14 heteroatoms. The summed E-state index contributed by atoms with van der Waals surface area (Å²) in [5, 5.41) is 42.7. The summed E-state index contributed by atoms with van der Waals surface area (Å²) in [5.41, 5.74) is 0. The maximum absolute atomic E-state index is 12.8. The summed E-state index contributed by atoms with van der Waals surface area (Å²) >= 11 is 0. The molecule has 1 aliphatic rings. The average molecular weight is 894 g/mol. The molecule has 0 aliphatic carbocycles. The van der Waals surface area contributed by atoms with E-state index < -0.39 is 50.6 Å². The molecule has 0 amide bonds. The van der Waals surface area contributed by atoms with E-state index in [9.17, 15) is 34.7 Å². The maximum Gasteiger partial charge on any atom is 0.472 e. The van der Waals surface area contributed by atoms with Crippen LogP contribution in [-0.4, -0.2) is 108 Å².